The molecule has 7 aromatic carbocycles. The molecule has 9 aromatic rings. The lowest BCUT2D eigenvalue weighted by molar-refractivity contribution is 1.05. The molecule has 0 aliphatic carbocycles. The van der Waals surface area contributed by atoms with E-state index in [4.69, 9.17) is 9.97 Å². The minimum atomic E-state index is -2.74. The number of aromatic nitrogens is 3. The molecule has 0 spiro atoms. The van der Waals surface area contributed by atoms with Crippen LogP contribution in [0.3, 0.4) is 0 Å². The summed E-state index contributed by atoms with van der Waals surface area (Å²) in [6.45, 7) is 0. The number of para-hydroxylation sites is 2. The fraction of sp³-hybridized carbons (Fsp3) is 0. The quantitative estimate of drug-likeness (QED) is 0.128. The second kappa shape index (κ2) is 12.6. The van der Waals surface area contributed by atoms with Gasteiger partial charge in [-0.3, -0.25) is 4.57 Å². The van der Waals surface area contributed by atoms with Crippen molar-refractivity contribution in [2.24, 2.45) is 0 Å². The molecule has 0 amide bonds. The Bertz CT molecular complexity index is 2430. The van der Waals surface area contributed by atoms with E-state index in [0.717, 1.165) is 33.7 Å². The van der Waals surface area contributed by atoms with E-state index in [2.05, 4.69) is 199 Å². The van der Waals surface area contributed by atoms with Gasteiger partial charge in [-0.1, -0.05) is 182 Å². The van der Waals surface area contributed by atoms with Crippen LogP contribution in [0.4, 0.5) is 0 Å². The summed E-state index contributed by atoms with van der Waals surface area (Å²) in [6, 6.07) is 71.8. The molecule has 0 bridgehead atoms. The Morgan fingerprint density at radius 1 is 0.360 bits per heavy atom. The van der Waals surface area contributed by atoms with E-state index in [-0.39, 0.29) is 0 Å². The normalized spacial score (nSPS) is 11.6. The first-order valence-corrected chi connectivity index (χ1v) is 19.0. The van der Waals surface area contributed by atoms with Crippen LogP contribution in [0.25, 0.3) is 50.3 Å². The van der Waals surface area contributed by atoms with Gasteiger partial charge in [-0.15, -0.1) is 0 Å². The molecule has 4 heteroatoms. The Morgan fingerprint density at radius 3 is 1.34 bits per heavy atom. The van der Waals surface area contributed by atoms with Crippen LogP contribution in [-0.4, -0.2) is 22.6 Å². The zero-order valence-electron chi connectivity index (χ0n) is 27.4. The van der Waals surface area contributed by atoms with Crippen LogP contribution in [-0.2, 0) is 0 Å². The van der Waals surface area contributed by atoms with Crippen molar-refractivity contribution < 1.29 is 0 Å². The minimum Gasteiger partial charge on any atom is -0.294 e. The zero-order valence-corrected chi connectivity index (χ0v) is 28.4. The van der Waals surface area contributed by atoms with Gasteiger partial charge in [0.05, 0.1) is 16.7 Å². The van der Waals surface area contributed by atoms with Crippen molar-refractivity contribution in [1.82, 2.24) is 14.5 Å². The van der Waals surface area contributed by atoms with Crippen molar-refractivity contribution in [2.45, 2.75) is 0 Å². The Hall–Kier alpha value is -6.36. The molecule has 0 saturated heterocycles. The summed E-state index contributed by atoms with van der Waals surface area (Å²) >= 11 is 0. The average Bonchev–Trinajstić information content (AvgIpc) is 3.54. The third kappa shape index (κ3) is 4.97. The number of rotatable bonds is 7. The van der Waals surface area contributed by atoms with Crippen LogP contribution in [0.15, 0.2) is 200 Å². The van der Waals surface area contributed by atoms with Crippen LogP contribution in [0.2, 0.25) is 0 Å². The topological polar surface area (TPSA) is 30.7 Å². The number of hydrogen-bond donors (Lipinski definition) is 0. The van der Waals surface area contributed by atoms with Gasteiger partial charge in [0.15, 0.2) is 13.9 Å². The molecule has 236 valence electrons. The Morgan fingerprint density at radius 2 is 0.800 bits per heavy atom. The van der Waals surface area contributed by atoms with Crippen LogP contribution >= 0.6 is 0 Å². The molecule has 0 radical (unpaired) electrons. The summed E-state index contributed by atoms with van der Waals surface area (Å²) in [6.07, 6.45) is 0. The standard InChI is InChI=1S/C46H33N3Si/c1-5-18-34(19-6-1)42-33-45(49-43-30-15-13-28-40(43)41-29-14-16-31-44(41)49)48-46(47-42)35-20-17-27-39(32-35)50(36-21-7-2-8-22-36,37-23-9-3-10-24-37)38-25-11-4-12-26-38/h1-33H. The van der Waals surface area contributed by atoms with E-state index in [0.29, 0.717) is 5.82 Å². The van der Waals surface area contributed by atoms with Crippen LogP contribution in [0.5, 0.6) is 0 Å². The maximum Gasteiger partial charge on any atom is 0.179 e. The van der Waals surface area contributed by atoms with Gasteiger partial charge in [0.1, 0.15) is 5.82 Å². The second-order valence-corrected chi connectivity index (χ2v) is 16.4. The van der Waals surface area contributed by atoms with E-state index in [9.17, 15) is 0 Å². The highest BCUT2D eigenvalue weighted by molar-refractivity contribution is 7.19. The average molecular weight is 656 g/mol. The SMILES string of the molecule is c1ccc(-c2cc(-n3c4ccccc4c4ccccc43)nc(-c3cccc([Si](c4ccccc4)(c4ccccc4)c4ccccc4)c3)n2)cc1. The van der Waals surface area contributed by atoms with Crippen molar-refractivity contribution >= 4 is 50.6 Å². The van der Waals surface area contributed by atoms with Gasteiger partial charge in [-0.25, -0.2) is 9.97 Å². The highest BCUT2D eigenvalue weighted by Gasteiger charge is 2.41. The Labute approximate surface area is 292 Å². The van der Waals surface area contributed by atoms with Gasteiger partial charge in [-0.2, -0.15) is 0 Å². The third-order valence-corrected chi connectivity index (χ3v) is 14.5. The van der Waals surface area contributed by atoms with Gasteiger partial charge in [0.2, 0.25) is 0 Å². The van der Waals surface area contributed by atoms with Crippen molar-refractivity contribution in [2.75, 3.05) is 0 Å². The van der Waals surface area contributed by atoms with Crippen molar-refractivity contribution in [3.8, 4) is 28.5 Å². The summed E-state index contributed by atoms with van der Waals surface area (Å²) < 4.78 is 2.28. The maximum absolute atomic E-state index is 5.38. The van der Waals surface area contributed by atoms with E-state index in [1.54, 1.807) is 0 Å². The first kappa shape index (κ1) is 29.8. The summed E-state index contributed by atoms with van der Waals surface area (Å²) in [7, 11) is -2.74. The molecule has 50 heavy (non-hydrogen) atoms. The summed E-state index contributed by atoms with van der Waals surface area (Å²) in [4.78, 5) is 10.7. The molecule has 0 fully saturated rings. The highest BCUT2D eigenvalue weighted by Crippen LogP contribution is 2.33. The number of fused-ring (bicyclic) bond motifs is 3. The second-order valence-electron chi connectivity index (χ2n) is 12.6. The molecule has 9 rings (SSSR count). The predicted octanol–water partition coefficient (Wildman–Crippen LogP) is 8.29. The Kier molecular flexibility index (Phi) is 7.49. The largest absolute Gasteiger partial charge is 0.294 e. The first-order valence-electron chi connectivity index (χ1n) is 17.0. The lowest BCUT2D eigenvalue weighted by Gasteiger charge is -2.34. The molecule has 0 N–H and O–H groups in total. The van der Waals surface area contributed by atoms with E-state index in [1.807, 2.05) is 6.07 Å². The molecule has 0 aliphatic rings. The van der Waals surface area contributed by atoms with Gasteiger partial charge in [0.25, 0.3) is 0 Å². The Balaban J connectivity index is 1.32. The molecule has 2 aromatic heterocycles. The van der Waals surface area contributed by atoms with Crippen molar-refractivity contribution in [1.29, 1.82) is 0 Å². The molecule has 0 unspecified atom stereocenters. The van der Waals surface area contributed by atoms with Crippen LogP contribution in [0, 0.1) is 0 Å². The number of nitrogens with zero attached hydrogens (tertiary/aromatic N) is 3. The molecule has 3 nitrogen and oxygen atoms in total. The summed E-state index contributed by atoms with van der Waals surface area (Å²) in [5.74, 6) is 1.54. The number of hydrogen-bond acceptors (Lipinski definition) is 2. The van der Waals surface area contributed by atoms with Crippen molar-refractivity contribution in [3.05, 3.63) is 200 Å². The van der Waals surface area contributed by atoms with Crippen molar-refractivity contribution in [3.63, 3.8) is 0 Å². The van der Waals surface area contributed by atoms with Gasteiger partial charge < -0.3 is 0 Å². The van der Waals surface area contributed by atoms with Crippen LogP contribution in [0.1, 0.15) is 0 Å². The minimum absolute atomic E-state index is 0.696. The predicted molar refractivity (Wildman–Crippen MR) is 211 cm³/mol. The van der Waals surface area contributed by atoms with Gasteiger partial charge in [-0.05, 0) is 32.9 Å². The fourth-order valence-corrected chi connectivity index (χ4v) is 12.4. The van der Waals surface area contributed by atoms with E-state index < -0.39 is 8.07 Å². The fourth-order valence-electron chi connectivity index (χ4n) is 7.56. The molecular formula is C46H33N3Si. The summed E-state index contributed by atoms with van der Waals surface area (Å²) in [5, 5.41) is 7.69. The highest BCUT2D eigenvalue weighted by atomic mass is 28.3. The molecular weight excluding hydrogens is 623 g/mol. The lowest BCUT2D eigenvalue weighted by Crippen LogP contribution is -2.74. The molecule has 2 heterocycles. The first-order chi connectivity index (χ1) is 24.8. The van der Waals surface area contributed by atoms with Gasteiger partial charge in [0, 0.05) is 28.0 Å². The van der Waals surface area contributed by atoms with E-state index in [1.165, 1.54) is 31.5 Å². The smallest absolute Gasteiger partial charge is 0.179 e. The van der Waals surface area contributed by atoms with Crippen LogP contribution < -0.4 is 20.7 Å². The number of benzene rings is 7. The maximum atomic E-state index is 5.38. The van der Waals surface area contributed by atoms with Gasteiger partial charge >= 0.3 is 0 Å². The molecule has 0 atom stereocenters. The third-order valence-electron chi connectivity index (χ3n) is 9.77. The molecule has 0 saturated carbocycles. The zero-order chi connectivity index (χ0) is 33.3. The lowest BCUT2D eigenvalue weighted by atomic mass is 10.1. The monoisotopic (exact) mass is 655 g/mol. The molecule has 0 aliphatic heterocycles. The van der Waals surface area contributed by atoms with E-state index >= 15 is 0 Å². The summed E-state index contributed by atoms with van der Waals surface area (Å²) in [5.41, 5.74) is 5.16.